The lowest BCUT2D eigenvalue weighted by molar-refractivity contribution is 0.482. The van der Waals surface area contributed by atoms with Crippen LogP contribution in [0.3, 0.4) is 0 Å². The molecule has 0 heterocycles. The van der Waals surface area contributed by atoms with Crippen molar-refractivity contribution < 1.29 is 9.67 Å². The van der Waals surface area contributed by atoms with Gasteiger partial charge < -0.3 is 9.67 Å². The van der Waals surface area contributed by atoms with E-state index in [1.807, 2.05) is 116 Å². The molecule has 0 bridgehead atoms. The number of aryl methyl sites for hydroxylation is 1. The van der Waals surface area contributed by atoms with Crippen LogP contribution in [-0.4, -0.2) is 5.11 Å². The van der Waals surface area contributed by atoms with E-state index in [1.165, 1.54) is 0 Å². The van der Waals surface area contributed by atoms with Crippen LogP contribution in [0.4, 0.5) is 0 Å². The van der Waals surface area contributed by atoms with Gasteiger partial charge in [-0.05, 0) is 35.6 Å². The number of hydrogen-bond acceptors (Lipinski definition) is 2. The van der Waals surface area contributed by atoms with Crippen LogP contribution < -0.4 is 15.9 Å². The van der Waals surface area contributed by atoms with Crippen LogP contribution in [-0.2, 0) is 4.57 Å². The molecule has 5 aromatic rings. The molecule has 1 N–H and O–H groups in total. The Morgan fingerprint density at radius 3 is 1.72 bits per heavy atom. The molecule has 0 aliphatic carbocycles. The fourth-order valence-electron chi connectivity index (χ4n) is 4.36. The minimum Gasteiger partial charge on any atom is -0.507 e. The molecule has 0 unspecified atom stereocenters. The summed E-state index contributed by atoms with van der Waals surface area (Å²) in [4.78, 5) is 0. The number of phenolic OH excluding ortho intramolecular Hbond substituents is 1. The van der Waals surface area contributed by atoms with E-state index < -0.39 is 7.14 Å². The maximum atomic E-state index is 15.3. The van der Waals surface area contributed by atoms with Crippen LogP contribution in [0.25, 0.3) is 21.9 Å². The van der Waals surface area contributed by atoms with Gasteiger partial charge in [0.1, 0.15) is 5.75 Å². The first-order valence-electron chi connectivity index (χ1n) is 10.6. The minimum atomic E-state index is -3.27. The third-order valence-corrected chi connectivity index (χ3v) is 9.04. The molecular weight excluding hydrogens is 411 g/mol. The Morgan fingerprint density at radius 2 is 1.16 bits per heavy atom. The first-order valence-corrected chi connectivity index (χ1v) is 12.3. The summed E-state index contributed by atoms with van der Waals surface area (Å²) in [5, 5.41) is 14.8. The van der Waals surface area contributed by atoms with E-state index >= 15 is 4.57 Å². The molecule has 0 saturated carbocycles. The van der Waals surface area contributed by atoms with Gasteiger partial charge in [0.05, 0.1) is 0 Å². The maximum absolute atomic E-state index is 15.3. The lowest BCUT2D eigenvalue weighted by atomic mass is 9.99. The van der Waals surface area contributed by atoms with E-state index in [2.05, 4.69) is 0 Å². The van der Waals surface area contributed by atoms with Gasteiger partial charge in [0.15, 0.2) is 7.14 Å². The van der Waals surface area contributed by atoms with Gasteiger partial charge in [-0.1, -0.05) is 109 Å². The van der Waals surface area contributed by atoms with Gasteiger partial charge in [0.25, 0.3) is 0 Å². The van der Waals surface area contributed by atoms with Crippen molar-refractivity contribution in [3.63, 3.8) is 0 Å². The summed E-state index contributed by atoms with van der Waals surface area (Å²) < 4.78 is 15.3. The molecule has 2 nitrogen and oxygen atoms in total. The Labute approximate surface area is 188 Å². The highest BCUT2D eigenvalue weighted by Crippen LogP contribution is 2.48. The maximum Gasteiger partial charge on any atom is 0.172 e. The Bertz CT molecular complexity index is 1400. The molecule has 3 heteroatoms. The third-order valence-electron chi connectivity index (χ3n) is 5.88. The van der Waals surface area contributed by atoms with E-state index in [0.29, 0.717) is 5.39 Å². The number of fused-ring (bicyclic) bond motifs is 1. The van der Waals surface area contributed by atoms with Crippen LogP contribution in [0.5, 0.6) is 5.75 Å². The summed E-state index contributed by atoms with van der Waals surface area (Å²) in [6.45, 7) is 2.00. The van der Waals surface area contributed by atoms with Gasteiger partial charge in [-0.2, -0.15) is 0 Å². The molecule has 0 fully saturated rings. The summed E-state index contributed by atoms with van der Waals surface area (Å²) >= 11 is 0. The summed E-state index contributed by atoms with van der Waals surface area (Å²) in [6.07, 6.45) is 0. The number of aromatic hydroxyl groups is 1. The quantitative estimate of drug-likeness (QED) is 0.344. The normalized spacial score (nSPS) is 11.5. The Kier molecular flexibility index (Phi) is 5.17. The zero-order valence-electron chi connectivity index (χ0n) is 17.8. The monoisotopic (exact) mass is 434 g/mol. The van der Waals surface area contributed by atoms with E-state index in [0.717, 1.165) is 38.0 Å². The smallest absolute Gasteiger partial charge is 0.172 e. The largest absolute Gasteiger partial charge is 0.507 e. The number of rotatable bonds is 4. The lowest BCUT2D eigenvalue weighted by Crippen LogP contribution is -2.27. The summed E-state index contributed by atoms with van der Waals surface area (Å²) in [5.41, 5.74) is 2.75. The van der Waals surface area contributed by atoms with Crippen molar-refractivity contribution in [2.24, 2.45) is 0 Å². The molecule has 0 aliphatic rings. The molecule has 0 amide bonds. The summed E-state index contributed by atoms with van der Waals surface area (Å²) in [7, 11) is -3.27. The Balaban J connectivity index is 1.99. The van der Waals surface area contributed by atoms with Crippen molar-refractivity contribution in [2.75, 3.05) is 0 Å². The zero-order valence-corrected chi connectivity index (χ0v) is 18.7. The predicted octanol–water partition coefficient (Wildman–Crippen LogP) is 6.16. The summed E-state index contributed by atoms with van der Waals surface area (Å²) in [5.74, 6) is 0.193. The highest BCUT2D eigenvalue weighted by molar-refractivity contribution is 7.86. The second kappa shape index (κ2) is 8.15. The molecule has 5 rings (SSSR count). The zero-order chi connectivity index (χ0) is 22.1. The highest BCUT2D eigenvalue weighted by atomic mass is 31.2. The van der Waals surface area contributed by atoms with Crippen LogP contribution >= 0.6 is 7.14 Å². The van der Waals surface area contributed by atoms with Gasteiger partial charge in [0.2, 0.25) is 0 Å². The molecule has 32 heavy (non-hydrogen) atoms. The van der Waals surface area contributed by atoms with Crippen molar-refractivity contribution in [3.8, 4) is 16.9 Å². The van der Waals surface area contributed by atoms with E-state index in [-0.39, 0.29) is 5.75 Å². The standard InChI is InChI=1S/C29H23O2P/c1-21-17-18-25-27(19-21)28(30)20-26(22-11-5-2-6-12-22)29(25)32(31,23-13-7-3-8-14-23)24-15-9-4-10-16-24/h2-20,30H,1H3. The first kappa shape index (κ1) is 20.3. The molecule has 0 radical (unpaired) electrons. The molecule has 0 aliphatic heterocycles. The average Bonchev–Trinajstić information content (AvgIpc) is 2.85. The van der Waals surface area contributed by atoms with Crippen molar-refractivity contribution in [2.45, 2.75) is 6.92 Å². The van der Waals surface area contributed by atoms with Gasteiger partial charge in [-0.15, -0.1) is 0 Å². The number of benzene rings is 5. The SMILES string of the molecule is Cc1ccc2c(P(=O)(c3ccccc3)c3ccccc3)c(-c3ccccc3)cc(O)c2c1. The van der Waals surface area contributed by atoms with E-state index in [9.17, 15) is 5.11 Å². The van der Waals surface area contributed by atoms with E-state index in [4.69, 9.17) is 0 Å². The topological polar surface area (TPSA) is 37.3 Å². The van der Waals surface area contributed by atoms with Gasteiger partial charge in [0, 0.05) is 21.3 Å². The summed E-state index contributed by atoms with van der Waals surface area (Å²) in [6, 6.07) is 37.0. The minimum absolute atomic E-state index is 0.193. The van der Waals surface area contributed by atoms with Crippen molar-refractivity contribution >= 4 is 33.8 Å². The average molecular weight is 434 g/mol. The van der Waals surface area contributed by atoms with Crippen LogP contribution in [0.2, 0.25) is 0 Å². The number of hydrogen-bond donors (Lipinski definition) is 1. The number of phenols is 1. The Morgan fingerprint density at radius 1 is 0.625 bits per heavy atom. The Hall–Kier alpha value is -3.61. The van der Waals surface area contributed by atoms with Crippen molar-refractivity contribution in [1.29, 1.82) is 0 Å². The fraction of sp³-hybridized carbons (Fsp3) is 0.0345. The first-order chi connectivity index (χ1) is 15.6. The fourth-order valence-corrected chi connectivity index (χ4v) is 7.43. The van der Waals surface area contributed by atoms with Crippen LogP contribution in [0, 0.1) is 6.92 Å². The second-order valence-electron chi connectivity index (χ2n) is 7.99. The van der Waals surface area contributed by atoms with Crippen molar-refractivity contribution in [1.82, 2.24) is 0 Å². The van der Waals surface area contributed by atoms with Crippen LogP contribution in [0.15, 0.2) is 115 Å². The molecule has 5 aromatic carbocycles. The predicted molar refractivity (Wildman–Crippen MR) is 135 cm³/mol. The highest BCUT2D eigenvalue weighted by Gasteiger charge is 2.34. The van der Waals surface area contributed by atoms with Crippen molar-refractivity contribution in [3.05, 3.63) is 121 Å². The molecule has 0 aromatic heterocycles. The third kappa shape index (κ3) is 3.34. The molecule has 156 valence electrons. The van der Waals surface area contributed by atoms with Gasteiger partial charge in [-0.3, -0.25) is 0 Å². The van der Waals surface area contributed by atoms with Crippen LogP contribution in [0.1, 0.15) is 5.56 Å². The molecule has 0 atom stereocenters. The lowest BCUT2D eigenvalue weighted by Gasteiger charge is -2.25. The molecular formula is C29H23O2P. The van der Waals surface area contributed by atoms with Gasteiger partial charge in [-0.25, -0.2) is 0 Å². The van der Waals surface area contributed by atoms with E-state index in [1.54, 1.807) is 6.07 Å². The molecule has 0 spiro atoms. The second-order valence-corrected chi connectivity index (χ2v) is 10.7. The van der Waals surface area contributed by atoms with Gasteiger partial charge >= 0.3 is 0 Å². The molecule has 0 saturated heterocycles.